The van der Waals surface area contributed by atoms with Crippen molar-refractivity contribution in [3.63, 3.8) is 0 Å². The minimum Gasteiger partial charge on any atom is -0.495 e. The van der Waals surface area contributed by atoms with E-state index in [-0.39, 0.29) is 29.5 Å². The number of amides is 2. The average molecular weight is 693 g/mol. The molecule has 0 aliphatic heterocycles. The molecule has 10 heteroatoms. The molecule has 4 rings (SSSR count). The van der Waals surface area contributed by atoms with E-state index in [1.807, 2.05) is 81.4 Å². The van der Waals surface area contributed by atoms with Crippen molar-refractivity contribution in [2.75, 3.05) is 24.5 Å². The summed E-state index contributed by atoms with van der Waals surface area (Å²) in [6.45, 7) is 5.42. The Balaban J connectivity index is 1.85. The molecular formula is C35H38BrN3O5S. The molecule has 0 fully saturated rings. The lowest BCUT2D eigenvalue weighted by molar-refractivity contribution is -0.140. The first-order valence-electron chi connectivity index (χ1n) is 14.6. The van der Waals surface area contributed by atoms with Gasteiger partial charge in [-0.15, -0.1) is 0 Å². The molecule has 45 heavy (non-hydrogen) atoms. The molecule has 236 valence electrons. The first-order chi connectivity index (χ1) is 21.5. The fraction of sp³-hybridized carbons (Fsp3) is 0.257. The summed E-state index contributed by atoms with van der Waals surface area (Å²) >= 11 is 3.50. The zero-order valence-corrected chi connectivity index (χ0v) is 28.3. The lowest BCUT2D eigenvalue weighted by Crippen LogP contribution is -2.53. The number of likely N-dealkylation sites (N-methyl/N-ethyl adjacent to an activating group) is 1. The van der Waals surface area contributed by atoms with Gasteiger partial charge in [-0.1, -0.05) is 82.2 Å². The molecule has 2 amide bonds. The quantitative estimate of drug-likeness (QED) is 0.184. The maximum Gasteiger partial charge on any atom is 0.264 e. The van der Waals surface area contributed by atoms with E-state index < -0.39 is 28.5 Å². The zero-order chi connectivity index (χ0) is 32.6. The molecule has 0 saturated carbocycles. The molecule has 0 bridgehead atoms. The summed E-state index contributed by atoms with van der Waals surface area (Å²) in [6.07, 6.45) is 0.241. The van der Waals surface area contributed by atoms with Gasteiger partial charge >= 0.3 is 0 Å². The Hall–Kier alpha value is -4.15. The van der Waals surface area contributed by atoms with E-state index in [9.17, 15) is 18.0 Å². The van der Waals surface area contributed by atoms with Gasteiger partial charge in [0.15, 0.2) is 0 Å². The lowest BCUT2D eigenvalue weighted by Gasteiger charge is -2.34. The summed E-state index contributed by atoms with van der Waals surface area (Å²) in [6, 6.07) is 27.7. The smallest absolute Gasteiger partial charge is 0.264 e. The molecule has 8 nitrogen and oxygen atoms in total. The van der Waals surface area contributed by atoms with Crippen LogP contribution in [0.5, 0.6) is 5.75 Å². The number of aryl methyl sites for hydroxylation is 2. The Labute approximate surface area is 274 Å². The normalized spacial score (nSPS) is 11.8. The van der Waals surface area contributed by atoms with E-state index in [1.54, 1.807) is 24.3 Å². The maximum absolute atomic E-state index is 14.6. The second-order valence-corrected chi connectivity index (χ2v) is 13.5. The molecule has 0 spiro atoms. The van der Waals surface area contributed by atoms with Crippen molar-refractivity contribution in [3.8, 4) is 5.75 Å². The number of carbonyl (C=O) groups excluding carboxylic acids is 2. The summed E-state index contributed by atoms with van der Waals surface area (Å²) in [5.41, 5.74) is 3.56. The summed E-state index contributed by atoms with van der Waals surface area (Å²) in [5.74, 6) is -0.570. The van der Waals surface area contributed by atoms with Gasteiger partial charge in [0, 0.05) is 24.0 Å². The Morgan fingerprint density at radius 3 is 2.18 bits per heavy atom. The van der Waals surface area contributed by atoms with Gasteiger partial charge in [-0.3, -0.25) is 13.9 Å². The maximum atomic E-state index is 14.6. The highest BCUT2D eigenvalue weighted by molar-refractivity contribution is 9.10. The summed E-state index contributed by atoms with van der Waals surface area (Å²) < 4.78 is 36.1. The summed E-state index contributed by atoms with van der Waals surface area (Å²) in [5, 5.41) is 2.88. The number of hydrogen-bond donors (Lipinski definition) is 1. The molecule has 0 aliphatic rings. The van der Waals surface area contributed by atoms with Gasteiger partial charge in [-0.2, -0.15) is 0 Å². The standard InChI is InChI=1S/C35H38BrN3O5S/c1-5-37-35(41)32(22-27-10-7-6-8-11-27)38(23-28-12-9-13-29(36)21-28)34(40)24-39(31-20-26(3)16-19-33(31)44-4)45(42,43)30-17-14-25(2)15-18-30/h6-21,32H,5,22-24H2,1-4H3,(H,37,41). The third-order valence-corrected chi connectivity index (χ3v) is 9.62. The fourth-order valence-electron chi connectivity index (χ4n) is 5.02. The van der Waals surface area contributed by atoms with Crippen LogP contribution in [0.2, 0.25) is 0 Å². The van der Waals surface area contributed by atoms with E-state index in [0.29, 0.717) is 12.3 Å². The molecule has 4 aromatic rings. The Bertz CT molecular complexity index is 1730. The number of halogens is 1. The predicted octanol–water partition coefficient (Wildman–Crippen LogP) is 6.05. The predicted molar refractivity (Wildman–Crippen MR) is 181 cm³/mol. The number of hydrogen-bond acceptors (Lipinski definition) is 5. The van der Waals surface area contributed by atoms with Crippen molar-refractivity contribution in [2.45, 2.75) is 44.7 Å². The van der Waals surface area contributed by atoms with E-state index >= 15 is 0 Å². The molecular weight excluding hydrogens is 654 g/mol. The highest BCUT2D eigenvalue weighted by Gasteiger charge is 2.35. The van der Waals surface area contributed by atoms with Crippen LogP contribution < -0.4 is 14.4 Å². The van der Waals surface area contributed by atoms with Gasteiger partial charge < -0.3 is 15.0 Å². The topological polar surface area (TPSA) is 96.0 Å². The first kappa shape index (κ1) is 33.7. The summed E-state index contributed by atoms with van der Waals surface area (Å²) in [4.78, 5) is 29.7. The van der Waals surface area contributed by atoms with Gasteiger partial charge in [-0.25, -0.2) is 8.42 Å². The van der Waals surface area contributed by atoms with Crippen LogP contribution >= 0.6 is 15.9 Å². The van der Waals surface area contributed by atoms with Crippen LogP contribution in [0.25, 0.3) is 0 Å². The largest absolute Gasteiger partial charge is 0.495 e. The van der Waals surface area contributed by atoms with Crippen LogP contribution in [-0.2, 0) is 32.6 Å². The van der Waals surface area contributed by atoms with Crippen molar-refractivity contribution >= 4 is 43.5 Å². The Morgan fingerprint density at radius 1 is 0.867 bits per heavy atom. The van der Waals surface area contributed by atoms with Crippen molar-refractivity contribution < 1.29 is 22.7 Å². The van der Waals surface area contributed by atoms with E-state index in [1.165, 1.54) is 24.1 Å². The van der Waals surface area contributed by atoms with Gasteiger partial charge in [-0.05, 0) is 73.9 Å². The van der Waals surface area contributed by atoms with Crippen molar-refractivity contribution in [2.24, 2.45) is 0 Å². The van der Waals surface area contributed by atoms with Crippen molar-refractivity contribution in [1.29, 1.82) is 0 Å². The van der Waals surface area contributed by atoms with E-state index in [0.717, 1.165) is 31.0 Å². The Kier molecular flexibility index (Phi) is 11.4. The first-order valence-corrected chi connectivity index (χ1v) is 16.9. The summed E-state index contributed by atoms with van der Waals surface area (Å²) in [7, 11) is -2.79. The second kappa shape index (κ2) is 15.2. The van der Waals surface area contributed by atoms with Crippen molar-refractivity contribution in [1.82, 2.24) is 10.2 Å². The molecule has 0 aromatic heterocycles. The van der Waals surface area contributed by atoms with E-state index in [4.69, 9.17) is 4.74 Å². The van der Waals surface area contributed by atoms with Crippen molar-refractivity contribution in [3.05, 3.63) is 124 Å². The third kappa shape index (κ3) is 8.52. The molecule has 4 aromatic carbocycles. The number of sulfonamides is 1. The van der Waals surface area contributed by atoms with Gasteiger partial charge in [0.1, 0.15) is 18.3 Å². The Morgan fingerprint density at radius 2 is 1.53 bits per heavy atom. The van der Waals surface area contributed by atoms with E-state index in [2.05, 4.69) is 21.2 Å². The van der Waals surface area contributed by atoms with Gasteiger partial charge in [0.25, 0.3) is 10.0 Å². The van der Waals surface area contributed by atoms with Gasteiger partial charge in [0.05, 0.1) is 17.7 Å². The van der Waals surface area contributed by atoms with Crippen LogP contribution in [0.1, 0.15) is 29.2 Å². The number of ether oxygens (including phenoxy) is 1. The molecule has 0 saturated heterocycles. The number of nitrogens with one attached hydrogen (secondary N) is 1. The monoisotopic (exact) mass is 691 g/mol. The number of carbonyl (C=O) groups is 2. The minimum absolute atomic E-state index is 0.0348. The minimum atomic E-state index is -4.25. The molecule has 1 atom stereocenters. The number of nitrogens with zero attached hydrogens (tertiary/aromatic N) is 2. The SMILES string of the molecule is CCNC(=O)C(Cc1ccccc1)N(Cc1cccc(Br)c1)C(=O)CN(c1cc(C)ccc1OC)S(=O)(=O)c1ccc(C)cc1. The molecule has 0 heterocycles. The third-order valence-electron chi connectivity index (χ3n) is 7.35. The van der Waals surface area contributed by atoms with Crippen LogP contribution in [-0.4, -0.2) is 51.4 Å². The number of anilines is 1. The number of methoxy groups -OCH3 is 1. The number of rotatable bonds is 13. The van der Waals surface area contributed by atoms with Crippen LogP contribution in [0.3, 0.4) is 0 Å². The zero-order valence-electron chi connectivity index (χ0n) is 25.9. The molecule has 0 radical (unpaired) electrons. The van der Waals surface area contributed by atoms with Gasteiger partial charge in [0.2, 0.25) is 11.8 Å². The highest BCUT2D eigenvalue weighted by atomic mass is 79.9. The molecule has 1 N–H and O–H groups in total. The van der Waals surface area contributed by atoms with Crippen LogP contribution in [0, 0.1) is 13.8 Å². The average Bonchev–Trinajstić information content (AvgIpc) is 3.02. The van der Waals surface area contributed by atoms with Crippen LogP contribution in [0.15, 0.2) is 106 Å². The van der Waals surface area contributed by atoms with Crippen LogP contribution in [0.4, 0.5) is 5.69 Å². The molecule has 0 aliphatic carbocycles. The second-order valence-electron chi connectivity index (χ2n) is 10.8. The highest BCUT2D eigenvalue weighted by Crippen LogP contribution is 2.34. The molecule has 1 unspecified atom stereocenters. The lowest BCUT2D eigenvalue weighted by atomic mass is 10.0. The number of benzene rings is 4. The fourth-order valence-corrected chi connectivity index (χ4v) is 6.89.